The van der Waals surface area contributed by atoms with Crippen LogP contribution < -0.4 is 5.32 Å². The van der Waals surface area contributed by atoms with E-state index in [4.69, 9.17) is 9.15 Å². The number of ether oxygens (including phenoxy) is 1. The zero-order chi connectivity index (χ0) is 25.9. The quantitative estimate of drug-likeness (QED) is 0.328. The SMILES string of the molecule is CC(OC(=O)CCc1ncc(-c2ccccc2)o1)C(=O)Nc1cccc2c1C(=O)c1ccccc1C2=O. The standard InChI is InChI=1S/C29H22N2O6/c1-17(36-25(32)15-14-24-30-16-23(37-24)18-8-3-2-4-9-18)29(35)31-22-13-7-12-21-26(22)28(34)20-11-6-5-10-19(20)27(21)33/h2-13,16-17H,14-15H2,1H3,(H,31,35). The first-order chi connectivity index (χ1) is 17.9. The average molecular weight is 495 g/mol. The first-order valence-corrected chi connectivity index (χ1v) is 11.7. The zero-order valence-corrected chi connectivity index (χ0v) is 19.9. The van der Waals surface area contributed by atoms with Gasteiger partial charge in [0.25, 0.3) is 5.91 Å². The summed E-state index contributed by atoms with van der Waals surface area (Å²) >= 11 is 0. The lowest BCUT2D eigenvalue weighted by molar-refractivity contribution is -0.153. The molecule has 0 bridgehead atoms. The summed E-state index contributed by atoms with van der Waals surface area (Å²) in [7, 11) is 0. The Balaban J connectivity index is 1.21. The van der Waals surface area contributed by atoms with E-state index in [0.717, 1.165) is 5.56 Å². The van der Waals surface area contributed by atoms with Gasteiger partial charge in [-0.25, -0.2) is 4.98 Å². The van der Waals surface area contributed by atoms with Gasteiger partial charge >= 0.3 is 5.97 Å². The van der Waals surface area contributed by atoms with Crippen LogP contribution >= 0.6 is 0 Å². The highest BCUT2D eigenvalue weighted by atomic mass is 16.5. The third kappa shape index (κ3) is 4.81. The van der Waals surface area contributed by atoms with E-state index in [2.05, 4.69) is 10.3 Å². The van der Waals surface area contributed by atoms with Gasteiger partial charge in [-0.15, -0.1) is 0 Å². The lowest BCUT2D eigenvalue weighted by atomic mass is 9.83. The molecule has 1 heterocycles. The van der Waals surface area contributed by atoms with Crippen molar-refractivity contribution in [1.29, 1.82) is 0 Å². The Bertz CT molecular complexity index is 1520. The van der Waals surface area contributed by atoms with Gasteiger partial charge in [0.05, 0.1) is 23.9 Å². The summed E-state index contributed by atoms with van der Waals surface area (Å²) < 4.78 is 11.0. The topological polar surface area (TPSA) is 116 Å². The molecule has 3 aromatic carbocycles. The normalized spacial score (nSPS) is 12.9. The summed E-state index contributed by atoms with van der Waals surface area (Å²) in [5.41, 5.74) is 2.01. The highest BCUT2D eigenvalue weighted by Crippen LogP contribution is 2.32. The third-order valence-electron chi connectivity index (χ3n) is 6.04. The molecule has 1 N–H and O–H groups in total. The first kappa shape index (κ1) is 23.9. The molecule has 4 aromatic rings. The fraction of sp³-hybridized carbons (Fsp3) is 0.138. The van der Waals surface area contributed by atoms with E-state index in [1.54, 1.807) is 42.6 Å². The van der Waals surface area contributed by atoms with Crippen molar-refractivity contribution >= 4 is 29.1 Å². The van der Waals surface area contributed by atoms with Crippen molar-refractivity contribution in [3.8, 4) is 11.3 Å². The molecule has 1 atom stereocenters. The van der Waals surface area contributed by atoms with E-state index in [0.29, 0.717) is 17.2 Å². The number of aryl methyl sites for hydroxylation is 1. The van der Waals surface area contributed by atoms with Gasteiger partial charge < -0.3 is 14.5 Å². The second-order valence-corrected chi connectivity index (χ2v) is 8.54. The van der Waals surface area contributed by atoms with Gasteiger partial charge in [0.1, 0.15) is 0 Å². The number of aromatic nitrogens is 1. The molecule has 0 fully saturated rings. The molecule has 184 valence electrons. The molecule has 1 unspecified atom stereocenters. The van der Waals surface area contributed by atoms with Crippen LogP contribution in [0.4, 0.5) is 5.69 Å². The summed E-state index contributed by atoms with van der Waals surface area (Å²) in [5, 5.41) is 2.63. The zero-order valence-electron chi connectivity index (χ0n) is 19.9. The van der Waals surface area contributed by atoms with Gasteiger partial charge in [0.2, 0.25) is 0 Å². The number of hydrogen-bond donors (Lipinski definition) is 1. The second-order valence-electron chi connectivity index (χ2n) is 8.54. The lowest BCUT2D eigenvalue weighted by Crippen LogP contribution is -2.31. The second kappa shape index (κ2) is 10.0. The van der Waals surface area contributed by atoms with Crippen LogP contribution in [0.5, 0.6) is 0 Å². The molecule has 8 heteroatoms. The Hall–Kier alpha value is -4.85. The summed E-state index contributed by atoms with van der Waals surface area (Å²) in [4.78, 5) is 55.3. The van der Waals surface area contributed by atoms with E-state index >= 15 is 0 Å². The number of fused-ring (bicyclic) bond motifs is 2. The number of carbonyl (C=O) groups excluding carboxylic acids is 4. The first-order valence-electron chi connectivity index (χ1n) is 11.7. The van der Waals surface area contributed by atoms with E-state index in [9.17, 15) is 19.2 Å². The molecule has 1 aromatic heterocycles. The number of nitrogens with one attached hydrogen (secondary N) is 1. The molecular weight excluding hydrogens is 472 g/mol. The molecule has 8 nitrogen and oxygen atoms in total. The number of esters is 1. The minimum atomic E-state index is -1.13. The van der Waals surface area contributed by atoms with Crippen LogP contribution in [0.2, 0.25) is 0 Å². The van der Waals surface area contributed by atoms with Crippen molar-refractivity contribution in [2.75, 3.05) is 5.32 Å². The van der Waals surface area contributed by atoms with Crippen LogP contribution in [0.15, 0.2) is 83.4 Å². The van der Waals surface area contributed by atoms with Crippen molar-refractivity contribution in [2.45, 2.75) is 25.9 Å². The van der Waals surface area contributed by atoms with Gasteiger partial charge in [0.15, 0.2) is 29.3 Å². The van der Waals surface area contributed by atoms with Crippen molar-refractivity contribution in [3.05, 3.63) is 107 Å². The maximum Gasteiger partial charge on any atom is 0.307 e. The molecule has 37 heavy (non-hydrogen) atoms. The summed E-state index contributed by atoms with van der Waals surface area (Å²) in [6.07, 6.45) is 0.644. The molecule has 1 aliphatic rings. The average Bonchev–Trinajstić information content (AvgIpc) is 3.40. The third-order valence-corrected chi connectivity index (χ3v) is 6.04. The predicted molar refractivity (Wildman–Crippen MR) is 134 cm³/mol. The molecule has 1 aliphatic carbocycles. The number of anilines is 1. The van der Waals surface area contributed by atoms with Gasteiger partial charge in [0, 0.05) is 28.7 Å². The minimum absolute atomic E-state index is 0.0309. The van der Waals surface area contributed by atoms with Crippen molar-refractivity contribution < 1.29 is 28.3 Å². The van der Waals surface area contributed by atoms with Crippen LogP contribution in [0.1, 0.15) is 51.1 Å². The van der Waals surface area contributed by atoms with E-state index in [1.165, 1.54) is 13.0 Å². The van der Waals surface area contributed by atoms with Crippen LogP contribution in [-0.4, -0.2) is 34.5 Å². The highest BCUT2D eigenvalue weighted by molar-refractivity contribution is 6.30. The van der Waals surface area contributed by atoms with E-state index < -0.39 is 18.0 Å². The molecule has 0 aliphatic heterocycles. The van der Waals surface area contributed by atoms with E-state index in [1.807, 2.05) is 30.3 Å². The summed E-state index contributed by atoms with van der Waals surface area (Å²) in [6.45, 7) is 1.43. The number of nitrogens with zero attached hydrogens (tertiary/aromatic N) is 1. The maximum atomic E-state index is 13.1. The van der Waals surface area contributed by atoms with E-state index in [-0.39, 0.29) is 46.8 Å². The Labute approximate surface area is 212 Å². The molecule has 0 saturated carbocycles. The van der Waals surface area contributed by atoms with Crippen LogP contribution in [0.3, 0.4) is 0 Å². The Morgan fingerprint density at radius 1 is 0.892 bits per heavy atom. The van der Waals surface area contributed by atoms with Gasteiger partial charge in [-0.05, 0) is 13.0 Å². The van der Waals surface area contributed by atoms with Crippen LogP contribution in [-0.2, 0) is 20.7 Å². The number of rotatable bonds is 7. The Morgan fingerprint density at radius 3 is 2.32 bits per heavy atom. The number of hydrogen-bond acceptors (Lipinski definition) is 7. The fourth-order valence-corrected chi connectivity index (χ4v) is 4.16. The molecule has 0 saturated heterocycles. The van der Waals surface area contributed by atoms with Crippen molar-refractivity contribution in [1.82, 2.24) is 4.98 Å². The number of oxazole rings is 1. The molecule has 1 amide bonds. The molecule has 0 radical (unpaired) electrons. The minimum Gasteiger partial charge on any atom is -0.453 e. The van der Waals surface area contributed by atoms with Gasteiger partial charge in [-0.2, -0.15) is 0 Å². The fourth-order valence-electron chi connectivity index (χ4n) is 4.16. The molecule has 0 spiro atoms. The summed E-state index contributed by atoms with van der Waals surface area (Å²) in [6, 6.07) is 20.7. The number of amides is 1. The molecule has 5 rings (SSSR count). The Morgan fingerprint density at radius 2 is 1.57 bits per heavy atom. The number of carbonyl (C=O) groups is 4. The number of ketones is 2. The van der Waals surface area contributed by atoms with Crippen LogP contribution in [0.25, 0.3) is 11.3 Å². The monoisotopic (exact) mass is 494 g/mol. The van der Waals surface area contributed by atoms with Gasteiger partial charge in [-0.3, -0.25) is 19.2 Å². The Kier molecular flexibility index (Phi) is 6.47. The van der Waals surface area contributed by atoms with Crippen LogP contribution in [0, 0.1) is 0 Å². The summed E-state index contributed by atoms with van der Waals surface area (Å²) in [5.74, 6) is -0.888. The predicted octanol–water partition coefficient (Wildman–Crippen LogP) is 4.62. The largest absolute Gasteiger partial charge is 0.453 e. The van der Waals surface area contributed by atoms with Crippen molar-refractivity contribution in [2.24, 2.45) is 0 Å². The lowest BCUT2D eigenvalue weighted by Gasteiger charge is -2.21. The number of benzene rings is 3. The smallest absolute Gasteiger partial charge is 0.307 e. The molecular formula is C29H22N2O6. The highest BCUT2D eigenvalue weighted by Gasteiger charge is 2.32. The van der Waals surface area contributed by atoms with Crippen molar-refractivity contribution in [3.63, 3.8) is 0 Å². The van der Waals surface area contributed by atoms with Gasteiger partial charge in [-0.1, -0.05) is 66.7 Å². The maximum absolute atomic E-state index is 13.1.